The molecule has 0 saturated heterocycles. The van der Waals surface area contributed by atoms with Gasteiger partial charge in [-0.15, -0.1) is 0 Å². The Kier molecular flexibility index (Phi) is 6.54. The average molecular weight is 168 g/mol. The molecule has 0 aromatic rings. The van der Waals surface area contributed by atoms with Gasteiger partial charge in [0, 0.05) is 16.8 Å². The van der Waals surface area contributed by atoms with Gasteiger partial charge in [0.05, 0.1) is 0 Å². The molecule has 0 saturated carbocycles. The molecule has 0 unspecified atom stereocenters. The van der Waals surface area contributed by atoms with Crippen LogP contribution in [0.1, 0.15) is 38.5 Å². The minimum Gasteiger partial charge on any atom is -0.501 e. The van der Waals surface area contributed by atoms with Gasteiger partial charge in [-0.3, -0.25) is 6.08 Å². The first-order valence-electron chi connectivity index (χ1n) is 3.55. The SMILES string of the molecule is [C-]1=CCCCCCC1.[Co]. The van der Waals surface area contributed by atoms with Crippen molar-refractivity contribution in [2.75, 3.05) is 0 Å². The summed E-state index contributed by atoms with van der Waals surface area (Å²) in [5.41, 5.74) is 0. The van der Waals surface area contributed by atoms with Crippen LogP contribution in [-0.4, -0.2) is 0 Å². The van der Waals surface area contributed by atoms with Crippen molar-refractivity contribution in [3.63, 3.8) is 0 Å². The largest absolute Gasteiger partial charge is 0.501 e. The van der Waals surface area contributed by atoms with Gasteiger partial charge >= 0.3 is 0 Å². The Hall–Kier alpha value is 0.246. The summed E-state index contributed by atoms with van der Waals surface area (Å²) in [7, 11) is 0. The molecule has 0 nitrogen and oxygen atoms in total. The molecule has 0 aromatic heterocycles. The van der Waals surface area contributed by atoms with Crippen molar-refractivity contribution in [3.8, 4) is 0 Å². The summed E-state index contributed by atoms with van der Waals surface area (Å²) in [6.07, 6.45) is 13.5. The van der Waals surface area contributed by atoms with Crippen molar-refractivity contribution in [2.24, 2.45) is 0 Å². The fraction of sp³-hybridized carbons (Fsp3) is 0.750. The smallest absolute Gasteiger partial charge is 0 e. The van der Waals surface area contributed by atoms with Gasteiger partial charge < -0.3 is 6.08 Å². The maximum absolute atomic E-state index is 3.26. The van der Waals surface area contributed by atoms with Crippen LogP contribution in [0.5, 0.6) is 0 Å². The van der Waals surface area contributed by atoms with Crippen molar-refractivity contribution in [3.05, 3.63) is 12.2 Å². The molecule has 1 heteroatoms. The van der Waals surface area contributed by atoms with E-state index in [1.165, 1.54) is 38.5 Å². The Morgan fingerprint density at radius 3 is 2.67 bits per heavy atom. The third-order valence-corrected chi connectivity index (χ3v) is 1.56. The van der Waals surface area contributed by atoms with Crippen molar-refractivity contribution in [2.45, 2.75) is 38.5 Å². The maximum Gasteiger partial charge on any atom is 0 e. The van der Waals surface area contributed by atoms with Crippen LogP contribution >= 0.6 is 0 Å². The van der Waals surface area contributed by atoms with Crippen LogP contribution in [0.15, 0.2) is 6.08 Å². The van der Waals surface area contributed by atoms with Crippen molar-refractivity contribution in [1.29, 1.82) is 0 Å². The summed E-state index contributed by atoms with van der Waals surface area (Å²) >= 11 is 0. The summed E-state index contributed by atoms with van der Waals surface area (Å²) < 4.78 is 0. The van der Waals surface area contributed by atoms with Gasteiger partial charge in [0.25, 0.3) is 0 Å². The molecule has 0 atom stereocenters. The van der Waals surface area contributed by atoms with E-state index in [4.69, 9.17) is 0 Å². The van der Waals surface area contributed by atoms with Crippen molar-refractivity contribution in [1.82, 2.24) is 0 Å². The predicted molar refractivity (Wildman–Crippen MR) is 35.5 cm³/mol. The average Bonchev–Trinajstić information content (AvgIpc) is 1.62. The molecule has 9 heavy (non-hydrogen) atoms. The molecular formula is C8H13Co-. The van der Waals surface area contributed by atoms with Crippen molar-refractivity contribution >= 4 is 0 Å². The monoisotopic (exact) mass is 168 g/mol. The van der Waals surface area contributed by atoms with Gasteiger partial charge in [-0.25, -0.2) is 0 Å². The summed E-state index contributed by atoms with van der Waals surface area (Å²) in [4.78, 5) is 0. The zero-order valence-electron chi connectivity index (χ0n) is 5.65. The molecule has 1 rings (SSSR count). The normalized spacial score (nSPS) is 19.6. The molecule has 0 aliphatic heterocycles. The molecule has 55 valence electrons. The molecule has 1 aliphatic carbocycles. The molecule has 1 aliphatic rings. The van der Waals surface area contributed by atoms with Crippen LogP contribution in [0.4, 0.5) is 0 Å². The number of hydrogen-bond acceptors (Lipinski definition) is 0. The van der Waals surface area contributed by atoms with Gasteiger partial charge in [-0.2, -0.15) is 6.42 Å². The van der Waals surface area contributed by atoms with E-state index in [1.54, 1.807) is 0 Å². The van der Waals surface area contributed by atoms with Crippen LogP contribution in [0.2, 0.25) is 0 Å². The minimum atomic E-state index is 0. The van der Waals surface area contributed by atoms with Crippen LogP contribution in [0, 0.1) is 6.08 Å². The van der Waals surface area contributed by atoms with Gasteiger partial charge in [0.1, 0.15) is 0 Å². The minimum absolute atomic E-state index is 0. The Balaban J connectivity index is 0.000000640. The van der Waals surface area contributed by atoms with E-state index in [0.29, 0.717) is 0 Å². The van der Waals surface area contributed by atoms with E-state index in [1.807, 2.05) is 0 Å². The molecule has 0 N–H and O–H groups in total. The van der Waals surface area contributed by atoms with E-state index in [2.05, 4.69) is 12.2 Å². The zero-order chi connectivity index (χ0) is 5.66. The van der Waals surface area contributed by atoms with Gasteiger partial charge in [0.15, 0.2) is 0 Å². The summed E-state index contributed by atoms with van der Waals surface area (Å²) in [6.45, 7) is 0. The van der Waals surface area contributed by atoms with E-state index < -0.39 is 0 Å². The van der Waals surface area contributed by atoms with Crippen LogP contribution in [0.25, 0.3) is 0 Å². The molecule has 0 spiro atoms. The van der Waals surface area contributed by atoms with Crippen LogP contribution in [0.3, 0.4) is 0 Å². The fourth-order valence-electron chi connectivity index (χ4n) is 1.03. The van der Waals surface area contributed by atoms with Crippen molar-refractivity contribution < 1.29 is 16.8 Å². The summed E-state index contributed by atoms with van der Waals surface area (Å²) in [6, 6.07) is 0. The van der Waals surface area contributed by atoms with E-state index in [-0.39, 0.29) is 16.8 Å². The number of rotatable bonds is 0. The topological polar surface area (TPSA) is 0 Å². The third-order valence-electron chi connectivity index (χ3n) is 1.56. The summed E-state index contributed by atoms with van der Waals surface area (Å²) in [5, 5.41) is 0. The summed E-state index contributed by atoms with van der Waals surface area (Å²) in [5.74, 6) is 0. The first kappa shape index (κ1) is 9.25. The molecule has 0 fully saturated rings. The molecule has 0 bridgehead atoms. The third kappa shape index (κ3) is 4.73. The predicted octanol–water partition coefficient (Wildman–Crippen LogP) is 2.70. The second-order valence-electron chi connectivity index (χ2n) is 2.36. The first-order chi connectivity index (χ1) is 4.00. The Bertz CT molecular complexity index is 66.6. The standard InChI is InChI=1S/C8H13.Co/c1-2-4-6-8-7-5-3-1;/h1H,2,4-8H2;/q-1;. The fourth-order valence-corrected chi connectivity index (χ4v) is 1.03. The van der Waals surface area contributed by atoms with E-state index >= 15 is 0 Å². The van der Waals surface area contributed by atoms with Gasteiger partial charge in [0.2, 0.25) is 0 Å². The molecule has 0 heterocycles. The molecule has 0 aromatic carbocycles. The molecular weight excluding hydrogens is 155 g/mol. The molecule has 1 radical (unpaired) electrons. The van der Waals surface area contributed by atoms with Crippen LogP contribution < -0.4 is 0 Å². The number of allylic oxidation sites excluding steroid dienone is 2. The van der Waals surface area contributed by atoms with E-state index in [0.717, 1.165) is 0 Å². The van der Waals surface area contributed by atoms with E-state index in [9.17, 15) is 0 Å². The Labute approximate surface area is 67.9 Å². The van der Waals surface area contributed by atoms with Crippen LogP contribution in [-0.2, 0) is 16.8 Å². The van der Waals surface area contributed by atoms with Gasteiger partial charge in [-0.05, 0) is 0 Å². The Morgan fingerprint density at radius 2 is 1.78 bits per heavy atom. The number of hydrogen-bond donors (Lipinski definition) is 0. The second kappa shape index (κ2) is 6.37. The quantitative estimate of drug-likeness (QED) is 0.488. The Morgan fingerprint density at radius 1 is 1.00 bits per heavy atom. The van der Waals surface area contributed by atoms with Gasteiger partial charge in [-0.1, -0.05) is 32.1 Å². The second-order valence-corrected chi connectivity index (χ2v) is 2.36. The first-order valence-corrected chi connectivity index (χ1v) is 3.55. The maximum atomic E-state index is 3.26. The molecule has 0 amide bonds. The zero-order valence-corrected chi connectivity index (χ0v) is 6.69.